The molecular weight excluding hydrogens is 180 g/mol. The van der Waals surface area contributed by atoms with E-state index in [1.54, 1.807) is 0 Å². The van der Waals surface area contributed by atoms with Crippen molar-refractivity contribution < 1.29 is 0 Å². The predicted octanol–water partition coefficient (Wildman–Crippen LogP) is 2.65. The number of aliphatic imine (C=N–C) groups is 1. The van der Waals surface area contributed by atoms with Gasteiger partial charge in [-0.1, -0.05) is 25.6 Å². The van der Waals surface area contributed by atoms with Gasteiger partial charge >= 0.3 is 0 Å². The summed E-state index contributed by atoms with van der Waals surface area (Å²) < 4.78 is 0. The van der Waals surface area contributed by atoms with Crippen LogP contribution >= 0.6 is 11.8 Å². The molecule has 2 nitrogen and oxygen atoms in total. The highest BCUT2D eigenvalue weighted by atomic mass is 32.2. The summed E-state index contributed by atoms with van der Waals surface area (Å²) in [4.78, 5) is 4.51. The summed E-state index contributed by atoms with van der Waals surface area (Å²) >= 11 is 1.86. The van der Waals surface area contributed by atoms with E-state index < -0.39 is 0 Å². The molecule has 0 bridgehead atoms. The summed E-state index contributed by atoms with van der Waals surface area (Å²) in [6.07, 6.45) is 3.56. The van der Waals surface area contributed by atoms with Crippen molar-refractivity contribution in [3.05, 3.63) is 0 Å². The lowest BCUT2D eigenvalue weighted by Crippen LogP contribution is -2.48. The van der Waals surface area contributed by atoms with E-state index in [9.17, 15) is 0 Å². The summed E-state index contributed by atoms with van der Waals surface area (Å²) in [5.41, 5.74) is 0.290. The second-order valence-corrected chi connectivity index (χ2v) is 4.91. The van der Waals surface area contributed by atoms with Crippen molar-refractivity contribution in [2.75, 3.05) is 12.3 Å². The van der Waals surface area contributed by atoms with Crippen LogP contribution in [0, 0.1) is 0 Å². The molecule has 1 fully saturated rings. The Balaban J connectivity index is 2.51. The van der Waals surface area contributed by atoms with Crippen LogP contribution in [-0.2, 0) is 0 Å². The molecule has 1 saturated heterocycles. The molecular formula is C10H20N2S. The topological polar surface area (TPSA) is 24.4 Å². The zero-order valence-electron chi connectivity index (χ0n) is 8.89. The molecule has 0 aromatic carbocycles. The monoisotopic (exact) mass is 200 g/mol. The van der Waals surface area contributed by atoms with Gasteiger partial charge in [0, 0.05) is 17.8 Å². The van der Waals surface area contributed by atoms with Gasteiger partial charge in [-0.2, -0.15) is 0 Å². The molecule has 0 aromatic rings. The number of hydrogen-bond donors (Lipinski definition) is 1. The Morgan fingerprint density at radius 3 is 2.92 bits per heavy atom. The molecule has 76 valence electrons. The van der Waals surface area contributed by atoms with Crippen molar-refractivity contribution in [1.82, 2.24) is 5.32 Å². The summed E-state index contributed by atoms with van der Waals surface area (Å²) in [5.74, 6) is 1.21. The lowest BCUT2D eigenvalue weighted by molar-refractivity contribution is 0.390. The van der Waals surface area contributed by atoms with E-state index in [1.165, 1.54) is 18.6 Å². The highest BCUT2D eigenvalue weighted by molar-refractivity contribution is 8.13. The Labute approximate surface area is 85.6 Å². The second-order valence-electron chi connectivity index (χ2n) is 3.82. The maximum Gasteiger partial charge on any atom is 0.156 e. The van der Waals surface area contributed by atoms with E-state index in [0.29, 0.717) is 0 Å². The van der Waals surface area contributed by atoms with E-state index in [-0.39, 0.29) is 5.54 Å². The lowest BCUT2D eigenvalue weighted by Gasteiger charge is -2.35. The third-order valence-corrected chi connectivity index (χ3v) is 3.47. The first kappa shape index (κ1) is 10.9. The van der Waals surface area contributed by atoms with Gasteiger partial charge in [0.25, 0.3) is 0 Å². The minimum Gasteiger partial charge on any atom is -0.360 e. The van der Waals surface area contributed by atoms with Crippen LogP contribution in [0.5, 0.6) is 0 Å². The molecule has 13 heavy (non-hydrogen) atoms. The Bertz CT molecular complexity index is 191. The van der Waals surface area contributed by atoms with Crippen molar-refractivity contribution in [2.45, 2.75) is 45.6 Å². The molecule has 1 unspecified atom stereocenters. The molecule has 1 rings (SSSR count). The van der Waals surface area contributed by atoms with Crippen molar-refractivity contribution in [3.63, 3.8) is 0 Å². The van der Waals surface area contributed by atoms with Gasteiger partial charge in [-0.25, -0.2) is 0 Å². The third kappa shape index (κ3) is 3.22. The standard InChI is InChI=1S/C10H20N2S/c1-4-7-11-9-12-10(3,5-2)6-8-13-9/h4-8H2,1-3H3,(H,11,12). The van der Waals surface area contributed by atoms with Crippen molar-refractivity contribution in [3.8, 4) is 0 Å². The quantitative estimate of drug-likeness (QED) is 0.757. The zero-order chi connectivity index (χ0) is 9.73. The highest BCUT2D eigenvalue weighted by Crippen LogP contribution is 2.24. The van der Waals surface area contributed by atoms with Crippen LogP contribution < -0.4 is 5.32 Å². The van der Waals surface area contributed by atoms with Crippen LogP contribution in [0.25, 0.3) is 0 Å². The Morgan fingerprint density at radius 2 is 2.31 bits per heavy atom. The molecule has 0 spiro atoms. The normalized spacial score (nSPS) is 31.8. The highest BCUT2D eigenvalue weighted by Gasteiger charge is 2.27. The summed E-state index contributed by atoms with van der Waals surface area (Å²) in [5, 5.41) is 4.68. The van der Waals surface area contributed by atoms with Gasteiger partial charge in [-0.05, 0) is 26.2 Å². The Kier molecular flexibility index (Phi) is 4.10. The largest absolute Gasteiger partial charge is 0.360 e. The fourth-order valence-electron chi connectivity index (χ4n) is 1.29. The maximum atomic E-state index is 4.51. The van der Waals surface area contributed by atoms with Crippen LogP contribution in [0.15, 0.2) is 4.99 Å². The Hall–Kier alpha value is -0.180. The fourth-order valence-corrected chi connectivity index (χ4v) is 2.54. The van der Waals surface area contributed by atoms with Gasteiger partial charge in [0.05, 0.1) is 0 Å². The zero-order valence-corrected chi connectivity index (χ0v) is 9.71. The van der Waals surface area contributed by atoms with Gasteiger partial charge in [0.2, 0.25) is 0 Å². The van der Waals surface area contributed by atoms with Gasteiger partial charge < -0.3 is 5.32 Å². The first-order valence-corrected chi connectivity index (χ1v) is 6.14. The van der Waals surface area contributed by atoms with E-state index >= 15 is 0 Å². The molecule has 0 saturated carbocycles. The summed E-state index contributed by atoms with van der Waals surface area (Å²) in [6.45, 7) is 7.64. The van der Waals surface area contributed by atoms with Gasteiger partial charge in [-0.15, -0.1) is 0 Å². The molecule has 1 aliphatic rings. The summed E-state index contributed by atoms with van der Waals surface area (Å²) in [7, 11) is 0. The van der Waals surface area contributed by atoms with E-state index in [4.69, 9.17) is 0 Å². The van der Waals surface area contributed by atoms with Gasteiger partial charge in [0.1, 0.15) is 0 Å². The number of nitrogens with zero attached hydrogens (tertiary/aromatic N) is 1. The number of nitrogens with one attached hydrogen (secondary N) is 1. The molecule has 3 heteroatoms. The smallest absolute Gasteiger partial charge is 0.156 e. The van der Waals surface area contributed by atoms with Crippen LogP contribution in [0.1, 0.15) is 40.0 Å². The van der Waals surface area contributed by atoms with Gasteiger partial charge in [0.15, 0.2) is 5.17 Å². The van der Waals surface area contributed by atoms with Crippen LogP contribution in [-0.4, -0.2) is 23.0 Å². The van der Waals surface area contributed by atoms with Crippen LogP contribution in [0.2, 0.25) is 0 Å². The van der Waals surface area contributed by atoms with Crippen molar-refractivity contribution in [1.29, 1.82) is 0 Å². The number of amidine groups is 1. The minimum absolute atomic E-state index is 0.290. The summed E-state index contributed by atoms with van der Waals surface area (Å²) in [6, 6.07) is 0. The average Bonchev–Trinajstić information content (AvgIpc) is 2.15. The minimum atomic E-state index is 0.290. The maximum absolute atomic E-state index is 4.51. The molecule has 1 N–H and O–H groups in total. The van der Waals surface area contributed by atoms with E-state index in [0.717, 1.165) is 18.1 Å². The molecule has 1 heterocycles. The van der Waals surface area contributed by atoms with Crippen molar-refractivity contribution in [2.24, 2.45) is 4.99 Å². The molecule has 0 aromatic heterocycles. The molecule has 0 amide bonds. The SMILES string of the molecule is CCCN=C1NC(C)(CC)CCS1. The average molecular weight is 200 g/mol. The van der Waals surface area contributed by atoms with E-state index in [2.05, 4.69) is 31.1 Å². The fraction of sp³-hybridized carbons (Fsp3) is 0.900. The van der Waals surface area contributed by atoms with E-state index in [1.807, 2.05) is 11.8 Å². The van der Waals surface area contributed by atoms with Crippen LogP contribution in [0.3, 0.4) is 0 Å². The number of rotatable bonds is 3. The molecule has 0 radical (unpaired) electrons. The van der Waals surface area contributed by atoms with Crippen LogP contribution in [0.4, 0.5) is 0 Å². The first-order chi connectivity index (χ1) is 6.20. The molecule has 1 atom stereocenters. The first-order valence-electron chi connectivity index (χ1n) is 5.15. The molecule has 1 aliphatic heterocycles. The number of thioether (sulfide) groups is 1. The Morgan fingerprint density at radius 1 is 1.54 bits per heavy atom. The van der Waals surface area contributed by atoms with Crippen molar-refractivity contribution >= 4 is 16.9 Å². The third-order valence-electron chi connectivity index (χ3n) is 2.56. The number of hydrogen-bond acceptors (Lipinski definition) is 2. The van der Waals surface area contributed by atoms with Gasteiger partial charge in [-0.3, -0.25) is 4.99 Å². The second kappa shape index (κ2) is 4.89. The lowest BCUT2D eigenvalue weighted by atomic mass is 9.96. The predicted molar refractivity (Wildman–Crippen MR) is 61.5 cm³/mol. The molecule has 0 aliphatic carbocycles.